The molecular formula is C80H104N4O2S5. The molecule has 5 heterocycles. The minimum atomic E-state index is 0.681. The quantitative estimate of drug-likeness (QED) is 0.0355. The Balaban J connectivity index is 1.11. The van der Waals surface area contributed by atoms with Gasteiger partial charge in [0.2, 0.25) is 0 Å². The van der Waals surface area contributed by atoms with Gasteiger partial charge in [0.25, 0.3) is 0 Å². The van der Waals surface area contributed by atoms with Crippen molar-refractivity contribution in [3.8, 4) is 64.4 Å². The molecule has 91 heavy (non-hydrogen) atoms. The van der Waals surface area contributed by atoms with E-state index < -0.39 is 0 Å². The molecule has 0 aliphatic carbocycles. The molecule has 0 aliphatic heterocycles. The maximum Gasteiger partial charge on any atom is 0.133 e. The summed E-state index contributed by atoms with van der Waals surface area (Å²) >= 11 is 8.52. The fourth-order valence-electron chi connectivity index (χ4n) is 13.9. The number of rotatable bonds is 43. The Morgan fingerprint density at radius 1 is 0.319 bits per heavy atom. The van der Waals surface area contributed by atoms with E-state index in [1.165, 1.54) is 284 Å². The molecular weight excluding hydrogens is 1210 g/mol. The van der Waals surface area contributed by atoms with Crippen LogP contribution in [0.15, 0.2) is 84.9 Å². The van der Waals surface area contributed by atoms with Gasteiger partial charge in [-0.1, -0.05) is 268 Å². The Kier molecular flexibility index (Phi) is 27.7. The van der Waals surface area contributed by atoms with Crippen LogP contribution in [0.5, 0.6) is 11.5 Å². The average molecular weight is 1310 g/mol. The summed E-state index contributed by atoms with van der Waals surface area (Å²) in [6, 6.07) is 31.4. The molecule has 0 atom stereocenters. The van der Waals surface area contributed by atoms with E-state index in [-0.39, 0.29) is 0 Å². The van der Waals surface area contributed by atoms with Gasteiger partial charge >= 0.3 is 0 Å². The van der Waals surface area contributed by atoms with Crippen molar-refractivity contribution in [2.45, 2.75) is 260 Å². The molecule has 0 saturated heterocycles. The first-order valence-electron chi connectivity index (χ1n) is 36.0. The van der Waals surface area contributed by atoms with E-state index in [0.29, 0.717) is 13.2 Å². The van der Waals surface area contributed by atoms with Crippen molar-refractivity contribution in [2.24, 2.45) is 0 Å². The van der Waals surface area contributed by atoms with E-state index in [0.717, 1.165) is 87.1 Å². The first-order chi connectivity index (χ1) is 44.9. The lowest BCUT2D eigenvalue weighted by atomic mass is 9.92. The van der Waals surface area contributed by atoms with Gasteiger partial charge in [-0.2, -0.15) is 17.5 Å². The number of ether oxygens (including phenoxy) is 2. The number of hydrogen-bond donors (Lipinski definition) is 0. The Morgan fingerprint density at radius 2 is 0.659 bits per heavy atom. The van der Waals surface area contributed by atoms with Crippen LogP contribution in [0.25, 0.3) is 95.1 Å². The van der Waals surface area contributed by atoms with Gasteiger partial charge in [-0.15, -0.1) is 34.0 Å². The standard InChI is InChI=1S/C80H104N4O2S5/c1-7-11-15-19-23-25-27-29-31-41-49-61-63-55-67(70-58(6)78(86-54-44-34-22-18-14-10-4)71(75-74(70)82-91-83-75)66-52-51-65(87-66)59-45-37-35-38-46-59)88-79(63)62(50-42-32-30-28-26-24-20-16-12-8-2)64-56-68(89-80(61)64)72-76-73(81-90-84-76)69(60-47-39-36-40-48-60)57(5)77(72)85-53-43-33-21-17-13-9-3/h35-40,45-48,51-52,55-56H,7-34,41-44,49-50,53-54H2,1-6H3. The molecule has 11 heteroatoms. The molecule has 0 aliphatic rings. The molecule has 0 saturated carbocycles. The highest BCUT2D eigenvalue weighted by Crippen LogP contribution is 2.54. The Labute approximate surface area is 567 Å². The molecule has 0 amide bonds. The summed E-state index contributed by atoms with van der Waals surface area (Å²) in [5, 5.41) is 2.85. The SMILES string of the molecule is CCCCCCCCCCCCc1c2cc(-c3c(OCCCCCCCC)c(C)c(-c4ccccc4)c4nsnc34)sc2c(CCCCCCCCCCCC)c2cc(-c3c(C)c(OCCCCCCCC)c(-c4ccc(-c5ccccc5)s4)c4nsnc34)sc12. The lowest BCUT2D eigenvalue weighted by Crippen LogP contribution is -2.03. The topological polar surface area (TPSA) is 70.0 Å². The van der Waals surface area contributed by atoms with Crippen molar-refractivity contribution in [1.82, 2.24) is 17.5 Å². The molecule has 10 rings (SSSR count). The van der Waals surface area contributed by atoms with Crippen molar-refractivity contribution >= 4 is 99.7 Å². The molecule has 486 valence electrons. The second kappa shape index (κ2) is 36.6. The molecule has 0 bridgehead atoms. The predicted octanol–water partition coefficient (Wildman–Crippen LogP) is 27.5. The maximum absolute atomic E-state index is 7.21. The average Bonchev–Trinajstić information content (AvgIpc) is 1.59. The van der Waals surface area contributed by atoms with Gasteiger partial charge in [0, 0.05) is 51.2 Å². The van der Waals surface area contributed by atoms with Crippen LogP contribution in [-0.4, -0.2) is 30.7 Å². The largest absolute Gasteiger partial charge is 0.493 e. The van der Waals surface area contributed by atoms with Gasteiger partial charge in [0.1, 0.15) is 33.6 Å². The van der Waals surface area contributed by atoms with Crippen LogP contribution in [0.1, 0.15) is 255 Å². The van der Waals surface area contributed by atoms with E-state index in [2.05, 4.69) is 126 Å². The number of thiophene rings is 3. The third-order valence-corrected chi connectivity index (χ3v) is 23.6. The first kappa shape index (κ1) is 68.8. The fraction of sp³-hybridized carbons (Fsp3) is 0.525. The van der Waals surface area contributed by atoms with E-state index in [9.17, 15) is 0 Å². The highest BCUT2D eigenvalue weighted by molar-refractivity contribution is 7.24. The van der Waals surface area contributed by atoms with Crippen LogP contribution < -0.4 is 9.47 Å². The Hall–Kier alpha value is -5.04. The molecule has 0 spiro atoms. The summed E-state index contributed by atoms with van der Waals surface area (Å²) < 4.78 is 38.2. The van der Waals surface area contributed by atoms with Crippen LogP contribution in [0.3, 0.4) is 0 Å². The van der Waals surface area contributed by atoms with Crippen LogP contribution in [-0.2, 0) is 12.8 Å². The van der Waals surface area contributed by atoms with Crippen molar-refractivity contribution < 1.29 is 9.47 Å². The summed E-state index contributed by atoms with van der Waals surface area (Å²) in [6.45, 7) is 15.2. The van der Waals surface area contributed by atoms with Crippen molar-refractivity contribution in [3.63, 3.8) is 0 Å². The maximum atomic E-state index is 7.21. The van der Waals surface area contributed by atoms with Crippen LogP contribution in [0.2, 0.25) is 0 Å². The van der Waals surface area contributed by atoms with Gasteiger partial charge in [-0.25, -0.2) is 0 Å². The van der Waals surface area contributed by atoms with E-state index >= 15 is 0 Å². The third kappa shape index (κ3) is 17.7. The van der Waals surface area contributed by atoms with Crippen molar-refractivity contribution in [1.29, 1.82) is 0 Å². The number of nitrogens with zero attached hydrogens (tertiary/aromatic N) is 4. The summed E-state index contributed by atoms with van der Waals surface area (Å²) in [6.07, 6.45) is 43.0. The molecule has 0 unspecified atom stereocenters. The van der Waals surface area contributed by atoms with Gasteiger partial charge in [0.15, 0.2) is 0 Å². The number of aromatic nitrogens is 4. The van der Waals surface area contributed by atoms with Crippen LogP contribution >= 0.6 is 57.5 Å². The fourth-order valence-corrected chi connectivity index (χ4v) is 18.7. The van der Waals surface area contributed by atoms with Gasteiger partial charge in [0.05, 0.1) is 47.8 Å². The Bertz CT molecular complexity index is 3710. The molecule has 0 fully saturated rings. The molecule has 0 N–H and O–H groups in total. The number of aryl methyl sites for hydroxylation is 2. The monoisotopic (exact) mass is 1310 g/mol. The van der Waals surface area contributed by atoms with E-state index in [4.69, 9.17) is 27.0 Å². The summed E-state index contributed by atoms with van der Waals surface area (Å²) in [7, 11) is 0. The summed E-state index contributed by atoms with van der Waals surface area (Å²) in [5.41, 5.74) is 16.1. The predicted molar refractivity (Wildman–Crippen MR) is 403 cm³/mol. The van der Waals surface area contributed by atoms with Gasteiger partial charge in [-0.05, 0) is 110 Å². The second-order valence-corrected chi connectivity index (χ2v) is 30.2. The van der Waals surface area contributed by atoms with E-state index in [1.54, 1.807) is 0 Å². The van der Waals surface area contributed by atoms with Crippen molar-refractivity contribution in [2.75, 3.05) is 13.2 Å². The molecule has 0 radical (unpaired) electrons. The smallest absolute Gasteiger partial charge is 0.133 e. The van der Waals surface area contributed by atoms with Crippen LogP contribution in [0, 0.1) is 13.8 Å². The number of unbranched alkanes of at least 4 members (excludes halogenated alkanes) is 28. The molecule has 5 aromatic carbocycles. The normalized spacial score (nSPS) is 11.9. The lowest BCUT2D eigenvalue weighted by molar-refractivity contribution is 0.304. The van der Waals surface area contributed by atoms with Gasteiger partial charge < -0.3 is 9.47 Å². The van der Waals surface area contributed by atoms with Gasteiger partial charge in [-0.3, -0.25) is 0 Å². The third-order valence-electron chi connectivity index (χ3n) is 19.0. The zero-order valence-electron chi connectivity index (χ0n) is 56.2. The Morgan fingerprint density at radius 3 is 1.10 bits per heavy atom. The first-order valence-corrected chi connectivity index (χ1v) is 39.9. The number of hydrogen-bond acceptors (Lipinski definition) is 11. The molecule has 10 aromatic rings. The minimum Gasteiger partial charge on any atom is -0.493 e. The zero-order valence-corrected chi connectivity index (χ0v) is 60.3. The highest BCUT2D eigenvalue weighted by atomic mass is 32.1. The molecule has 6 nitrogen and oxygen atoms in total. The zero-order chi connectivity index (χ0) is 63.0. The highest BCUT2D eigenvalue weighted by Gasteiger charge is 2.30. The minimum absolute atomic E-state index is 0.681. The molecule has 5 aromatic heterocycles. The van der Waals surface area contributed by atoms with E-state index in [1.807, 2.05) is 34.0 Å². The number of fused-ring (bicyclic) bond motifs is 4. The second-order valence-electron chi connectivity index (χ2n) is 26.0. The summed E-state index contributed by atoms with van der Waals surface area (Å²) in [5.74, 6) is 1.94. The lowest BCUT2D eigenvalue weighted by Gasteiger charge is -2.18. The summed E-state index contributed by atoms with van der Waals surface area (Å²) in [4.78, 5) is 4.95. The van der Waals surface area contributed by atoms with Crippen LogP contribution in [0.4, 0.5) is 0 Å². The van der Waals surface area contributed by atoms with Crippen molar-refractivity contribution in [3.05, 3.63) is 107 Å². The number of benzene rings is 5.